The standard InChI is InChI=1S/C21H30N6S/c1-26-11-9-16(10-12-26)27(2)28-21-23-20(24-25-21)22-19-17-7-3-5-14(17)13-15-6-4-8-18(15)19/h13,16H,3-12H2,1-2H3,(H2,22,23,24,25). The van der Waals surface area contributed by atoms with Crippen molar-refractivity contribution in [3.8, 4) is 0 Å². The molecule has 150 valence electrons. The summed E-state index contributed by atoms with van der Waals surface area (Å²) in [5.74, 6) is 0.772. The monoisotopic (exact) mass is 398 g/mol. The molecule has 0 radical (unpaired) electrons. The highest BCUT2D eigenvalue weighted by Gasteiger charge is 2.25. The molecule has 1 fully saturated rings. The zero-order chi connectivity index (χ0) is 19.1. The van der Waals surface area contributed by atoms with E-state index in [1.165, 1.54) is 81.3 Å². The molecule has 2 heterocycles. The Balaban J connectivity index is 1.30. The van der Waals surface area contributed by atoms with E-state index >= 15 is 0 Å². The summed E-state index contributed by atoms with van der Waals surface area (Å²) in [5, 5.41) is 12.0. The van der Waals surface area contributed by atoms with E-state index < -0.39 is 0 Å². The van der Waals surface area contributed by atoms with E-state index in [4.69, 9.17) is 4.98 Å². The predicted molar refractivity (Wildman–Crippen MR) is 114 cm³/mol. The molecule has 1 aromatic heterocycles. The summed E-state index contributed by atoms with van der Waals surface area (Å²) in [5.41, 5.74) is 7.42. The highest BCUT2D eigenvalue weighted by atomic mass is 32.2. The Morgan fingerprint density at radius 3 is 2.46 bits per heavy atom. The summed E-state index contributed by atoms with van der Waals surface area (Å²) in [7, 11) is 4.37. The van der Waals surface area contributed by atoms with Gasteiger partial charge < -0.3 is 10.2 Å². The lowest BCUT2D eigenvalue weighted by atomic mass is 9.99. The van der Waals surface area contributed by atoms with E-state index in [2.05, 4.69) is 44.9 Å². The van der Waals surface area contributed by atoms with Crippen LogP contribution >= 0.6 is 11.9 Å². The van der Waals surface area contributed by atoms with E-state index in [0.29, 0.717) is 6.04 Å². The van der Waals surface area contributed by atoms with Crippen molar-refractivity contribution in [3.63, 3.8) is 0 Å². The lowest BCUT2D eigenvalue weighted by molar-refractivity contribution is 0.204. The number of benzene rings is 1. The summed E-state index contributed by atoms with van der Waals surface area (Å²) < 4.78 is 2.33. The molecule has 28 heavy (non-hydrogen) atoms. The van der Waals surface area contributed by atoms with Crippen LogP contribution in [-0.2, 0) is 25.7 Å². The number of anilines is 2. The normalized spacial score (nSPS) is 20.0. The van der Waals surface area contributed by atoms with Gasteiger partial charge in [-0.2, -0.15) is 4.98 Å². The molecule has 0 atom stereocenters. The van der Waals surface area contributed by atoms with Crippen LogP contribution in [0, 0.1) is 0 Å². The van der Waals surface area contributed by atoms with Gasteiger partial charge >= 0.3 is 0 Å². The maximum atomic E-state index is 4.74. The largest absolute Gasteiger partial charge is 0.324 e. The third kappa shape index (κ3) is 3.55. The molecule has 2 aromatic rings. The van der Waals surface area contributed by atoms with Gasteiger partial charge in [0.05, 0.1) is 0 Å². The molecule has 5 rings (SSSR count). The van der Waals surface area contributed by atoms with Crippen molar-refractivity contribution in [1.82, 2.24) is 24.4 Å². The summed E-state index contributed by atoms with van der Waals surface area (Å²) in [6.45, 7) is 2.33. The average molecular weight is 399 g/mol. The first-order valence-corrected chi connectivity index (χ1v) is 11.4. The highest BCUT2D eigenvalue weighted by molar-refractivity contribution is 7.96. The van der Waals surface area contributed by atoms with Crippen LogP contribution in [0.3, 0.4) is 0 Å². The lowest BCUT2D eigenvalue weighted by Crippen LogP contribution is -2.39. The molecule has 0 amide bonds. The predicted octanol–water partition coefficient (Wildman–Crippen LogP) is 3.56. The van der Waals surface area contributed by atoms with Crippen LogP contribution in [0.5, 0.6) is 0 Å². The van der Waals surface area contributed by atoms with Gasteiger partial charge in [0.1, 0.15) is 0 Å². The van der Waals surface area contributed by atoms with Gasteiger partial charge in [0.2, 0.25) is 11.1 Å². The summed E-state index contributed by atoms with van der Waals surface area (Å²) in [6.07, 6.45) is 9.75. The maximum absolute atomic E-state index is 4.74. The van der Waals surface area contributed by atoms with E-state index in [9.17, 15) is 0 Å². The number of aryl methyl sites for hydroxylation is 2. The first-order chi connectivity index (χ1) is 13.7. The zero-order valence-corrected chi connectivity index (χ0v) is 17.7. The summed E-state index contributed by atoms with van der Waals surface area (Å²) >= 11 is 1.65. The molecule has 3 aliphatic rings. The van der Waals surface area contributed by atoms with Gasteiger partial charge in [0.25, 0.3) is 0 Å². The van der Waals surface area contributed by atoms with Crippen molar-refractivity contribution in [3.05, 3.63) is 28.3 Å². The van der Waals surface area contributed by atoms with Crippen LogP contribution in [-0.4, -0.2) is 57.6 Å². The molecule has 1 aliphatic heterocycles. The molecule has 0 unspecified atom stereocenters. The first kappa shape index (κ1) is 18.5. The number of hydrogen-bond donors (Lipinski definition) is 2. The Morgan fingerprint density at radius 1 is 1.11 bits per heavy atom. The Hall–Kier alpha value is -1.57. The number of aromatic nitrogens is 3. The second-order valence-electron chi connectivity index (χ2n) is 8.50. The fourth-order valence-corrected chi connectivity index (χ4v) is 5.83. The minimum atomic E-state index is 0.594. The Labute approximate surface area is 171 Å². The number of nitrogens with zero attached hydrogens (tertiary/aromatic N) is 4. The number of nitrogens with one attached hydrogen (secondary N) is 2. The average Bonchev–Trinajstić information content (AvgIpc) is 3.42. The van der Waals surface area contributed by atoms with Crippen molar-refractivity contribution in [2.75, 3.05) is 32.5 Å². The summed E-state index contributed by atoms with van der Waals surface area (Å²) in [4.78, 5) is 7.14. The van der Waals surface area contributed by atoms with Gasteiger partial charge in [-0.05, 0) is 101 Å². The smallest absolute Gasteiger partial charge is 0.225 e. The van der Waals surface area contributed by atoms with Gasteiger partial charge in [-0.1, -0.05) is 6.07 Å². The topological polar surface area (TPSA) is 60.1 Å². The number of hydrogen-bond acceptors (Lipinski definition) is 6. The van der Waals surface area contributed by atoms with Crippen molar-refractivity contribution < 1.29 is 0 Å². The van der Waals surface area contributed by atoms with Crippen LogP contribution in [0.1, 0.15) is 47.9 Å². The molecular weight excluding hydrogens is 368 g/mol. The second-order valence-corrected chi connectivity index (χ2v) is 9.62. The second kappa shape index (κ2) is 7.69. The van der Waals surface area contributed by atoms with Gasteiger partial charge in [0, 0.05) is 23.7 Å². The number of piperidine rings is 1. The van der Waals surface area contributed by atoms with Crippen LogP contribution in [0.2, 0.25) is 0 Å². The van der Waals surface area contributed by atoms with Crippen LogP contribution < -0.4 is 5.32 Å². The number of H-pyrrole nitrogens is 1. The third-order valence-electron chi connectivity index (χ3n) is 6.61. The van der Waals surface area contributed by atoms with Crippen molar-refractivity contribution in [1.29, 1.82) is 0 Å². The number of fused-ring (bicyclic) bond motifs is 2. The lowest BCUT2D eigenvalue weighted by Gasteiger charge is -2.33. The van der Waals surface area contributed by atoms with Gasteiger partial charge in [-0.15, -0.1) is 5.10 Å². The van der Waals surface area contributed by atoms with Crippen molar-refractivity contribution in [2.24, 2.45) is 0 Å². The molecule has 0 spiro atoms. The van der Waals surface area contributed by atoms with E-state index in [0.717, 1.165) is 11.1 Å². The SMILES string of the molecule is CN1CCC(N(C)Sc2n[nH]c(Nc3c4c(cc5c3CCC5)CCC4)n2)CC1. The molecule has 1 saturated heterocycles. The maximum Gasteiger partial charge on any atom is 0.225 e. The van der Waals surface area contributed by atoms with E-state index in [1.54, 1.807) is 23.1 Å². The summed E-state index contributed by atoms with van der Waals surface area (Å²) in [6, 6.07) is 3.06. The Morgan fingerprint density at radius 2 is 1.79 bits per heavy atom. The molecule has 6 nitrogen and oxygen atoms in total. The van der Waals surface area contributed by atoms with Crippen molar-refractivity contribution >= 4 is 23.6 Å². The molecule has 2 N–H and O–H groups in total. The Bertz CT molecular complexity index is 823. The number of rotatable bonds is 5. The first-order valence-electron chi connectivity index (χ1n) is 10.6. The quantitative estimate of drug-likeness (QED) is 0.751. The Kier molecular flexibility index (Phi) is 5.07. The molecule has 0 bridgehead atoms. The number of aromatic amines is 1. The van der Waals surface area contributed by atoms with Gasteiger partial charge in [-0.25, -0.2) is 9.40 Å². The molecule has 7 heteroatoms. The number of likely N-dealkylation sites (tertiary alicyclic amines) is 1. The highest BCUT2D eigenvalue weighted by Crippen LogP contribution is 2.39. The van der Waals surface area contributed by atoms with Crippen LogP contribution in [0.25, 0.3) is 0 Å². The minimum absolute atomic E-state index is 0.594. The zero-order valence-electron chi connectivity index (χ0n) is 16.9. The van der Waals surface area contributed by atoms with Gasteiger partial charge in [0.15, 0.2) is 0 Å². The molecule has 1 aromatic carbocycles. The van der Waals surface area contributed by atoms with Crippen LogP contribution in [0.15, 0.2) is 11.2 Å². The third-order valence-corrected chi connectivity index (χ3v) is 7.54. The molecule has 2 aliphatic carbocycles. The van der Waals surface area contributed by atoms with E-state index in [-0.39, 0.29) is 0 Å². The fraction of sp³-hybridized carbons (Fsp3) is 0.619. The van der Waals surface area contributed by atoms with Crippen molar-refractivity contribution in [2.45, 2.75) is 62.6 Å². The van der Waals surface area contributed by atoms with Gasteiger partial charge in [-0.3, -0.25) is 0 Å². The van der Waals surface area contributed by atoms with E-state index in [1.807, 2.05) is 0 Å². The fourth-order valence-electron chi connectivity index (χ4n) is 4.99. The minimum Gasteiger partial charge on any atom is -0.324 e. The molecule has 0 saturated carbocycles. The van der Waals surface area contributed by atoms with Crippen LogP contribution in [0.4, 0.5) is 11.6 Å². The molecular formula is C21H30N6S.